The lowest BCUT2D eigenvalue weighted by Crippen LogP contribution is -2.41. The summed E-state index contributed by atoms with van der Waals surface area (Å²) < 4.78 is 6.04. The predicted octanol–water partition coefficient (Wildman–Crippen LogP) is 1.45. The summed E-state index contributed by atoms with van der Waals surface area (Å²) in [4.78, 5) is 0. The number of phenolic OH excluding ortho intramolecular Hbond substituents is 1. The third-order valence-corrected chi connectivity index (χ3v) is 3.43. The Balaban J connectivity index is 1.94. The van der Waals surface area contributed by atoms with E-state index in [-0.39, 0.29) is 11.4 Å². The van der Waals surface area contributed by atoms with Gasteiger partial charge >= 0.3 is 0 Å². The number of nitrogens with one attached hydrogen (secondary N) is 1. The van der Waals surface area contributed by atoms with Gasteiger partial charge in [0.05, 0.1) is 0 Å². The summed E-state index contributed by atoms with van der Waals surface area (Å²) in [7, 11) is 0. The van der Waals surface area contributed by atoms with Gasteiger partial charge in [-0.15, -0.1) is 0 Å². The molecule has 2 aliphatic rings. The van der Waals surface area contributed by atoms with Gasteiger partial charge in [0, 0.05) is 19.0 Å². The Morgan fingerprint density at radius 1 is 1.33 bits per heavy atom. The summed E-state index contributed by atoms with van der Waals surface area (Å²) in [5.74, 6) is 1.15. The van der Waals surface area contributed by atoms with Crippen LogP contribution in [0.1, 0.15) is 18.4 Å². The van der Waals surface area contributed by atoms with Crippen molar-refractivity contribution in [3.8, 4) is 11.5 Å². The van der Waals surface area contributed by atoms with Crippen LogP contribution in [0, 0.1) is 0 Å². The van der Waals surface area contributed by atoms with E-state index in [2.05, 4.69) is 5.32 Å². The second-order valence-electron chi connectivity index (χ2n) is 4.50. The Labute approximate surface area is 89.1 Å². The molecule has 15 heavy (non-hydrogen) atoms. The average molecular weight is 205 g/mol. The zero-order valence-electron chi connectivity index (χ0n) is 8.62. The predicted molar refractivity (Wildman–Crippen MR) is 57.3 cm³/mol. The van der Waals surface area contributed by atoms with Gasteiger partial charge in [-0.05, 0) is 31.0 Å². The number of aromatic hydroxyl groups is 1. The molecule has 2 N–H and O–H groups in total. The van der Waals surface area contributed by atoms with Crippen LogP contribution in [-0.4, -0.2) is 23.8 Å². The molecule has 3 nitrogen and oxygen atoms in total. The lowest BCUT2D eigenvalue weighted by atomic mass is 9.90. The van der Waals surface area contributed by atoms with E-state index in [1.807, 2.05) is 6.07 Å². The third kappa shape index (κ3) is 1.47. The van der Waals surface area contributed by atoms with Crippen LogP contribution in [0.2, 0.25) is 0 Å². The van der Waals surface area contributed by atoms with Crippen molar-refractivity contribution in [2.45, 2.75) is 24.9 Å². The molecular formula is C12H15NO2. The first kappa shape index (κ1) is 9.04. The van der Waals surface area contributed by atoms with Crippen molar-refractivity contribution in [3.05, 3.63) is 23.8 Å². The lowest BCUT2D eigenvalue weighted by Gasteiger charge is -2.35. The van der Waals surface area contributed by atoms with E-state index < -0.39 is 0 Å². The first-order valence-electron chi connectivity index (χ1n) is 5.49. The van der Waals surface area contributed by atoms with E-state index in [1.165, 1.54) is 5.56 Å². The highest BCUT2D eigenvalue weighted by molar-refractivity contribution is 5.42. The summed E-state index contributed by atoms with van der Waals surface area (Å²) in [6, 6.07) is 5.42. The van der Waals surface area contributed by atoms with E-state index in [0.717, 1.165) is 38.1 Å². The fraction of sp³-hybridized carbons (Fsp3) is 0.500. The molecule has 80 valence electrons. The molecule has 1 saturated heterocycles. The summed E-state index contributed by atoms with van der Waals surface area (Å²) >= 11 is 0. The third-order valence-electron chi connectivity index (χ3n) is 3.43. The molecule has 1 atom stereocenters. The molecule has 0 radical (unpaired) electrons. The number of ether oxygens (including phenoxy) is 1. The molecule has 0 bridgehead atoms. The summed E-state index contributed by atoms with van der Waals surface area (Å²) in [5, 5.41) is 12.8. The van der Waals surface area contributed by atoms with Crippen LogP contribution >= 0.6 is 0 Å². The van der Waals surface area contributed by atoms with Crippen LogP contribution in [0.15, 0.2) is 18.2 Å². The minimum absolute atomic E-state index is 0.0131. The van der Waals surface area contributed by atoms with Gasteiger partial charge in [-0.3, -0.25) is 0 Å². The van der Waals surface area contributed by atoms with E-state index in [1.54, 1.807) is 12.1 Å². The van der Waals surface area contributed by atoms with Crippen LogP contribution in [0.4, 0.5) is 0 Å². The molecule has 1 aromatic rings. The van der Waals surface area contributed by atoms with Gasteiger partial charge in [0.2, 0.25) is 0 Å². The molecule has 3 heteroatoms. The zero-order valence-corrected chi connectivity index (χ0v) is 8.62. The van der Waals surface area contributed by atoms with Gasteiger partial charge in [-0.25, -0.2) is 0 Å². The average Bonchev–Trinajstić information content (AvgIpc) is 2.66. The quantitative estimate of drug-likeness (QED) is 0.673. The topological polar surface area (TPSA) is 41.5 Å². The van der Waals surface area contributed by atoms with Gasteiger partial charge in [0.25, 0.3) is 0 Å². The fourth-order valence-electron chi connectivity index (χ4n) is 2.51. The number of phenols is 1. The van der Waals surface area contributed by atoms with Crippen molar-refractivity contribution < 1.29 is 9.84 Å². The number of rotatable bonds is 0. The second-order valence-corrected chi connectivity index (χ2v) is 4.50. The maximum absolute atomic E-state index is 9.42. The standard InChI is InChI=1S/C12H15NO2/c14-10-2-1-9-3-4-12(5-6-13-8-12)15-11(9)7-10/h1-2,7,13-14H,3-6,8H2/t12-/m0/s1. The molecular weight excluding hydrogens is 190 g/mol. The van der Waals surface area contributed by atoms with Crippen molar-refractivity contribution in [2.24, 2.45) is 0 Å². The van der Waals surface area contributed by atoms with E-state index >= 15 is 0 Å². The van der Waals surface area contributed by atoms with Crippen LogP contribution in [0.3, 0.4) is 0 Å². The molecule has 0 unspecified atom stereocenters. The fourth-order valence-corrected chi connectivity index (χ4v) is 2.51. The molecule has 1 aromatic carbocycles. The van der Waals surface area contributed by atoms with Crippen molar-refractivity contribution in [3.63, 3.8) is 0 Å². The van der Waals surface area contributed by atoms with Crippen LogP contribution in [0.25, 0.3) is 0 Å². The SMILES string of the molecule is Oc1ccc2c(c1)O[C@]1(CCNC1)CC2. The normalized spacial score (nSPS) is 28.8. The van der Waals surface area contributed by atoms with Crippen molar-refractivity contribution >= 4 is 0 Å². The highest BCUT2D eigenvalue weighted by Crippen LogP contribution is 2.38. The highest BCUT2D eigenvalue weighted by atomic mass is 16.5. The molecule has 0 aliphatic carbocycles. The molecule has 3 rings (SSSR count). The smallest absolute Gasteiger partial charge is 0.127 e. The Morgan fingerprint density at radius 2 is 2.27 bits per heavy atom. The van der Waals surface area contributed by atoms with Crippen molar-refractivity contribution in [1.82, 2.24) is 5.32 Å². The Bertz CT molecular complexity index is 383. The molecule has 2 aliphatic heterocycles. The molecule has 0 saturated carbocycles. The second kappa shape index (κ2) is 3.14. The van der Waals surface area contributed by atoms with Gasteiger partial charge in [-0.2, -0.15) is 0 Å². The Morgan fingerprint density at radius 3 is 3.07 bits per heavy atom. The highest BCUT2D eigenvalue weighted by Gasteiger charge is 2.38. The first-order valence-corrected chi connectivity index (χ1v) is 5.49. The summed E-state index contributed by atoms with van der Waals surface area (Å²) in [6.45, 7) is 1.97. The summed E-state index contributed by atoms with van der Waals surface area (Å²) in [6.07, 6.45) is 3.21. The van der Waals surface area contributed by atoms with Crippen LogP contribution in [-0.2, 0) is 6.42 Å². The lowest BCUT2D eigenvalue weighted by molar-refractivity contribution is 0.0662. The van der Waals surface area contributed by atoms with E-state index in [0.29, 0.717) is 0 Å². The van der Waals surface area contributed by atoms with E-state index in [4.69, 9.17) is 4.74 Å². The summed E-state index contributed by atoms with van der Waals surface area (Å²) in [5.41, 5.74) is 1.20. The largest absolute Gasteiger partial charge is 0.508 e. The number of hydrogen-bond acceptors (Lipinski definition) is 3. The maximum Gasteiger partial charge on any atom is 0.127 e. The number of aryl methyl sites for hydroxylation is 1. The van der Waals surface area contributed by atoms with Crippen LogP contribution in [0.5, 0.6) is 11.5 Å². The number of hydrogen-bond donors (Lipinski definition) is 2. The zero-order chi connectivity index (χ0) is 10.3. The maximum atomic E-state index is 9.42. The Hall–Kier alpha value is -1.22. The minimum Gasteiger partial charge on any atom is -0.508 e. The Kier molecular flexibility index (Phi) is 1.89. The first-order chi connectivity index (χ1) is 7.27. The van der Waals surface area contributed by atoms with Crippen molar-refractivity contribution in [1.29, 1.82) is 0 Å². The monoisotopic (exact) mass is 205 g/mol. The molecule has 1 spiro atoms. The molecule has 0 aromatic heterocycles. The molecule has 1 fully saturated rings. The van der Waals surface area contributed by atoms with Crippen molar-refractivity contribution in [2.75, 3.05) is 13.1 Å². The van der Waals surface area contributed by atoms with Crippen LogP contribution < -0.4 is 10.1 Å². The van der Waals surface area contributed by atoms with Gasteiger partial charge in [0.1, 0.15) is 17.1 Å². The van der Waals surface area contributed by atoms with Gasteiger partial charge in [0.15, 0.2) is 0 Å². The number of benzene rings is 1. The molecule has 2 heterocycles. The molecule has 0 amide bonds. The van der Waals surface area contributed by atoms with E-state index in [9.17, 15) is 5.11 Å². The van der Waals surface area contributed by atoms with Gasteiger partial charge < -0.3 is 15.2 Å². The minimum atomic E-state index is -0.0131. The van der Waals surface area contributed by atoms with Gasteiger partial charge in [-0.1, -0.05) is 6.07 Å². The number of fused-ring (bicyclic) bond motifs is 1.